The summed E-state index contributed by atoms with van der Waals surface area (Å²) in [4.78, 5) is 26.5. The first kappa shape index (κ1) is 18.2. The fourth-order valence-electron chi connectivity index (χ4n) is 3.16. The summed E-state index contributed by atoms with van der Waals surface area (Å²) in [6.45, 7) is 7.96. The molecule has 0 fully saturated rings. The van der Waals surface area contributed by atoms with Crippen LogP contribution in [0.1, 0.15) is 59.4 Å². The molecule has 0 atom stereocenters. The fourth-order valence-corrected chi connectivity index (χ4v) is 3.16. The van der Waals surface area contributed by atoms with Crippen molar-refractivity contribution < 1.29 is 14.8 Å². The van der Waals surface area contributed by atoms with Crippen molar-refractivity contribution >= 4 is 11.8 Å². The molecule has 2 aromatic heterocycles. The van der Waals surface area contributed by atoms with Crippen LogP contribution in [-0.4, -0.2) is 42.8 Å². The fraction of sp³-hybridized carbons (Fsp3) is 0.500. The normalized spacial score (nSPS) is 14.7. The van der Waals surface area contributed by atoms with Gasteiger partial charge in [0.05, 0.1) is 17.8 Å². The van der Waals surface area contributed by atoms with Crippen LogP contribution >= 0.6 is 0 Å². The van der Waals surface area contributed by atoms with E-state index in [-0.39, 0.29) is 11.3 Å². The van der Waals surface area contributed by atoms with Crippen molar-refractivity contribution in [2.75, 3.05) is 6.54 Å². The van der Waals surface area contributed by atoms with Gasteiger partial charge in [0.15, 0.2) is 0 Å². The molecule has 3 rings (SSSR count). The Kier molecular flexibility index (Phi) is 4.62. The van der Waals surface area contributed by atoms with Gasteiger partial charge in [-0.2, -0.15) is 5.10 Å². The maximum atomic E-state index is 13.1. The van der Waals surface area contributed by atoms with Crippen LogP contribution < -0.4 is 5.48 Å². The van der Waals surface area contributed by atoms with E-state index < -0.39 is 5.91 Å². The Labute approximate surface area is 152 Å². The second kappa shape index (κ2) is 6.60. The molecule has 1 aliphatic heterocycles. The molecule has 0 saturated heterocycles. The molecular weight excluding hydrogens is 334 g/mol. The molecule has 2 N–H and O–H groups in total. The molecule has 0 spiro atoms. The van der Waals surface area contributed by atoms with Crippen molar-refractivity contribution in [3.8, 4) is 0 Å². The van der Waals surface area contributed by atoms with Gasteiger partial charge in [0.2, 0.25) is 0 Å². The van der Waals surface area contributed by atoms with Crippen molar-refractivity contribution in [3.63, 3.8) is 0 Å². The summed E-state index contributed by atoms with van der Waals surface area (Å²) in [5.74, 6) is -0.622. The van der Waals surface area contributed by atoms with Crippen LogP contribution in [0.5, 0.6) is 0 Å². The van der Waals surface area contributed by atoms with Gasteiger partial charge in [-0.05, 0) is 18.6 Å². The number of carbonyl (C=O) groups is 2. The largest absolute Gasteiger partial charge is 0.349 e. The Morgan fingerprint density at radius 3 is 2.58 bits per heavy atom. The Bertz CT molecular complexity index is 844. The number of nitrogens with one attached hydrogen (secondary N) is 1. The van der Waals surface area contributed by atoms with E-state index >= 15 is 0 Å². The molecule has 1 aliphatic rings. The average molecular weight is 359 g/mol. The zero-order chi connectivity index (χ0) is 19.1. The van der Waals surface area contributed by atoms with Gasteiger partial charge in [0.1, 0.15) is 5.69 Å². The number of aryl methyl sites for hydroxylation is 2. The Hall–Kier alpha value is -2.61. The van der Waals surface area contributed by atoms with Crippen molar-refractivity contribution in [1.29, 1.82) is 0 Å². The Morgan fingerprint density at radius 1 is 1.23 bits per heavy atom. The third-order valence-corrected chi connectivity index (χ3v) is 4.68. The van der Waals surface area contributed by atoms with E-state index in [0.717, 1.165) is 24.4 Å². The lowest BCUT2D eigenvalue weighted by Crippen LogP contribution is -2.32. The molecule has 26 heavy (non-hydrogen) atoms. The molecular formula is C18H25N5O3. The van der Waals surface area contributed by atoms with Crippen LogP contribution in [0.25, 0.3) is 0 Å². The number of amides is 2. The lowest BCUT2D eigenvalue weighted by molar-refractivity contribution is 0.0706. The van der Waals surface area contributed by atoms with Gasteiger partial charge in [-0.25, -0.2) is 5.48 Å². The zero-order valence-electron chi connectivity index (χ0n) is 15.6. The predicted octanol–water partition coefficient (Wildman–Crippen LogP) is 1.68. The van der Waals surface area contributed by atoms with Crippen LogP contribution in [0.2, 0.25) is 0 Å². The van der Waals surface area contributed by atoms with Gasteiger partial charge in [-0.1, -0.05) is 20.8 Å². The minimum absolute atomic E-state index is 0.0710. The lowest BCUT2D eigenvalue weighted by atomic mass is 9.92. The minimum atomic E-state index is -0.551. The smallest absolute Gasteiger partial charge is 0.276 e. The SMILES string of the molecule is Cn1nc(C(C)(C)C)cc1C(=O)N1CCCn2cc(C(=O)NO)cc2C1. The number of hydrogen-bond acceptors (Lipinski definition) is 4. The number of aromatic nitrogens is 3. The molecule has 0 radical (unpaired) electrons. The van der Waals surface area contributed by atoms with E-state index in [1.165, 1.54) is 0 Å². The lowest BCUT2D eigenvalue weighted by Gasteiger charge is -2.20. The number of rotatable bonds is 2. The van der Waals surface area contributed by atoms with Gasteiger partial charge in [-0.15, -0.1) is 0 Å². The number of carbonyl (C=O) groups excluding carboxylic acids is 2. The first-order valence-corrected chi connectivity index (χ1v) is 8.68. The monoisotopic (exact) mass is 359 g/mol. The number of hydroxylamine groups is 1. The van der Waals surface area contributed by atoms with Crippen molar-refractivity contribution in [3.05, 3.63) is 41.0 Å². The third-order valence-electron chi connectivity index (χ3n) is 4.68. The van der Waals surface area contributed by atoms with E-state index in [4.69, 9.17) is 5.21 Å². The quantitative estimate of drug-likeness (QED) is 0.630. The molecule has 8 heteroatoms. The highest BCUT2D eigenvalue weighted by molar-refractivity contribution is 5.94. The highest BCUT2D eigenvalue weighted by atomic mass is 16.5. The van der Waals surface area contributed by atoms with Crippen molar-refractivity contribution in [1.82, 2.24) is 24.7 Å². The summed E-state index contributed by atoms with van der Waals surface area (Å²) in [5, 5.41) is 13.3. The second-order valence-corrected chi connectivity index (χ2v) is 7.72. The number of hydrogen-bond donors (Lipinski definition) is 2. The van der Waals surface area contributed by atoms with Crippen LogP contribution in [0.15, 0.2) is 18.3 Å². The number of fused-ring (bicyclic) bond motifs is 1. The van der Waals surface area contributed by atoms with Crippen molar-refractivity contribution in [2.45, 2.75) is 45.7 Å². The van der Waals surface area contributed by atoms with E-state index in [1.807, 2.05) is 10.6 Å². The summed E-state index contributed by atoms with van der Waals surface area (Å²) in [6, 6.07) is 3.57. The summed E-state index contributed by atoms with van der Waals surface area (Å²) < 4.78 is 3.60. The molecule has 0 saturated carbocycles. The molecule has 0 bridgehead atoms. The molecule has 0 unspecified atom stereocenters. The third kappa shape index (κ3) is 3.37. The van der Waals surface area contributed by atoms with E-state index in [2.05, 4.69) is 25.9 Å². The first-order valence-electron chi connectivity index (χ1n) is 8.68. The van der Waals surface area contributed by atoms with Crippen LogP contribution in [0.4, 0.5) is 0 Å². The highest BCUT2D eigenvalue weighted by Crippen LogP contribution is 2.23. The van der Waals surface area contributed by atoms with Crippen molar-refractivity contribution in [2.24, 2.45) is 7.05 Å². The molecule has 2 aromatic rings. The predicted molar refractivity (Wildman–Crippen MR) is 95.0 cm³/mol. The minimum Gasteiger partial charge on any atom is -0.349 e. The van der Waals surface area contributed by atoms with Gasteiger partial charge in [0, 0.05) is 37.4 Å². The number of nitrogens with zero attached hydrogens (tertiary/aromatic N) is 4. The van der Waals surface area contributed by atoms with Gasteiger partial charge in [-0.3, -0.25) is 19.5 Å². The van der Waals surface area contributed by atoms with Crippen LogP contribution in [0.3, 0.4) is 0 Å². The Morgan fingerprint density at radius 2 is 1.96 bits per heavy atom. The molecule has 140 valence electrons. The Balaban J connectivity index is 1.86. The summed E-state index contributed by atoms with van der Waals surface area (Å²) in [6.07, 6.45) is 2.49. The topological polar surface area (TPSA) is 92.4 Å². The highest BCUT2D eigenvalue weighted by Gasteiger charge is 2.27. The summed E-state index contributed by atoms with van der Waals surface area (Å²) in [5.41, 5.74) is 4.20. The van der Waals surface area contributed by atoms with Gasteiger partial charge in [0.25, 0.3) is 11.8 Å². The maximum Gasteiger partial charge on any atom is 0.276 e. The van der Waals surface area contributed by atoms with E-state index in [1.54, 1.807) is 34.4 Å². The van der Waals surface area contributed by atoms with E-state index in [0.29, 0.717) is 24.3 Å². The average Bonchev–Trinajstić information content (AvgIpc) is 3.11. The molecule has 0 aromatic carbocycles. The van der Waals surface area contributed by atoms with E-state index in [9.17, 15) is 9.59 Å². The molecule has 8 nitrogen and oxygen atoms in total. The van der Waals surface area contributed by atoms with Crippen LogP contribution in [0, 0.1) is 0 Å². The molecule has 2 amide bonds. The van der Waals surface area contributed by atoms with Crippen LogP contribution in [-0.2, 0) is 25.6 Å². The second-order valence-electron chi connectivity index (χ2n) is 7.72. The zero-order valence-corrected chi connectivity index (χ0v) is 15.6. The maximum absolute atomic E-state index is 13.1. The first-order chi connectivity index (χ1) is 12.2. The summed E-state index contributed by atoms with van der Waals surface area (Å²) in [7, 11) is 1.78. The van der Waals surface area contributed by atoms with Gasteiger partial charge < -0.3 is 9.47 Å². The standard InChI is InChI=1S/C18H25N5O3/c1-18(2,3)15-9-14(21(4)19-15)17(25)23-7-5-6-22-10-12(16(24)20-26)8-13(22)11-23/h8-10,26H,5-7,11H2,1-4H3,(H,20,24). The molecule has 3 heterocycles. The summed E-state index contributed by atoms with van der Waals surface area (Å²) >= 11 is 0. The van der Waals surface area contributed by atoms with Gasteiger partial charge >= 0.3 is 0 Å². The molecule has 0 aliphatic carbocycles.